The number of aliphatic hydroxyl groups is 1. The third kappa shape index (κ3) is 3.86. The summed E-state index contributed by atoms with van der Waals surface area (Å²) in [5.41, 5.74) is 1.05. The maximum absolute atomic E-state index is 9.77. The van der Waals surface area contributed by atoms with Crippen molar-refractivity contribution in [2.75, 3.05) is 32.1 Å². The molecule has 2 atom stereocenters. The van der Waals surface area contributed by atoms with Gasteiger partial charge in [-0.1, -0.05) is 6.92 Å². The van der Waals surface area contributed by atoms with Gasteiger partial charge < -0.3 is 15.2 Å². The van der Waals surface area contributed by atoms with E-state index in [0.29, 0.717) is 12.5 Å². The van der Waals surface area contributed by atoms with Gasteiger partial charge >= 0.3 is 0 Å². The maximum atomic E-state index is 9.77. The number of methoxy groups -OCH3 is 1. The molecule has 6 heteroatoms. The lowest BCUT2D eigenvalue weighted by molar-refractivity contribution is 0.0215. The Labute approximate surface area is 113 Å². The van der Waals surface area contributed by atoms with Crippen molar-refractivity contribution in [3.8, 4) is 0 Å². The Bertz CT molecular complexity index is 385. The monoisotopic (exact) mass is 266 g/mol. The molecular weight excluding hydrogens is 244 g/mol. The molecule has 0 aliphatic carbocycles. The predicted octanol–water partition coefficient (Wildman–Crippen LogP) is 0.490. The molecule has 2 N–H and O–H groups in total. The van der Waals surface area contributed by atoms with Crippen molar-refractivity contribution in [2.24, 2.45) is 0 Å². The fourth-order valence-corrected chi connectivity index (χ4v) is 2.22. The van der Waals surface area contributed by atoms with Crippen LogP contribution in [-0.2, 0) is 11.3 Å². The highest BCUT2D eigenvalue weighted by Crippen LogP contribution is 2.15. The summed E-state index contributed by atoms with van der Waals surface area (Å²) in [6, 6.07) is 0. The van der Waals surface area contributed by atoms with Crippen LogP contribution in [0.2, 0.25) is 0 Å². The van der Waals surface area contributed by atoms with Crippen molar-refractivity contribution < 1.29 is 9.84 Å². The summed E-state index contributed by atoms with van der Waals surface area (Å²) in [6.07, 6.45) is 4.22. The second-order valence-corrected chi connectivity index (χ2v) is 4.88. The summed E-state index contributed by atoms with van der Waals surface area (Å²) in [5, 5.41) is 12.9. The highest BCUT2D eigenvalue weighted by Gasteiger charge is 2.31. The molecule has 1 saturated heterocycles. The molecule has 6 nitrogen and oxygen atoms in total. The lowest BCUT2D eigenvalue weighted by atomic mass is 10.3. The Morgan fingerprint density at radius 3 is 2.74 bits per heavy atom. The third-order valence-corrected chi connectivity index (χ3v) is 3.26. The molecular formula is C13H22N4O2. The van der Waals surface area contributed by atoms with Crippen LogP contribution >= 0.6 is 0 Å². The van der Waals surface area contributed by atoms with Crippen LogP contribution in [0.1, 0.15) is 18.9 Å². The fourth-order valence-electron chi connectivity index (χ4n) is 2.22. The summed E-state index contributed by atoms with van der Waals surface area (Å²) >= 11 is 0. The van der Waals surface area contributed by atoms with Gasteiger partial charge in [0.15, 0.2) is 0 Å². The molecule has 0 unspecified atom stereocenters. The Hall–Kier alpha value is -1.24. The first-order valence-electron chi connectivity index (χ1n) is 6.71. The number of hydrogen-bond donors (Lipinski definition) is 2. The van der Waals surface area contributed by atoms with E-state index < -0.39 is 6.10 Å². The second-order valence-electron chi connectivity index (χ2n) is 4.88. The van der Waals surface area contributed by atoms with Crippen molar-refractivity contribution in [3.63, 3.8) is 0 Å². The molecule has 1 aromatic rings. The van der Waals surface area contributed by atoms with Crippen LogP contribution in [0.4, 0.5) is 5.95 Å². The number of anilines is 1. The van der Waals surface area contributed by atoms with E-state index in [2.05, 4.69) is 27.1 Å². The first-order chi connectivity index (χ1) is 9.22. The number of rotatable bonds is 6. The van der Waals surface area contributed by atoms with Crippen molar-refractivity contribution in [2.45, 2.75) is 32.1 Å². The normalized spacial score (nSPS) is 23.7. The molecule has 0 radical (unpaired) electrons. The molecule has 1 aromatic heterocycles. The van der Waals surface area contributed by atoms with Gasteiger partial charge in [-0.2, -0.15) is 0 Å². The fraction of sp³-hybridized carbons (Fsp3) is 0.692. The molecule has 0 bridgehead atoms. The van der Waals surface area contributed by atoms with Gasteiger partial charge in [-0.25, -0.2) is 9.97 Å². The van der Waals surface area contributed by atoms with Crippen molar-refractivity contribution >= 4 is 5.95 Å². The maximum Gasteiger partial charge on any atom is 0.222 e. The average molecular weight is 266 g/mol. The number of aromatic nitrogens is 2. The predicted molar refractivity (Wildman–Crippen MR) is 72.9 cm³/mol. The zero-order valence-electron chi connectivity index (χ0n) is 11.5. The van der Waals surface area contributed by atoms with Crippen LogP contribution in [0.15, 0.2) is 12.4 Å². The number of aliphatic hydroxyl groups excluding tert-OH is 1. The number of nitrogens with one attached hydrogen (secondary N) is 1. The van der Waals surface area contributed by atoms with Crippen LogP contribution in [0.5, 0.6) is 0 Å². The highest BCUT2D eigenvalue weighted by molar-refractivity contribution is 5.24. The topological polar surface area (TPSA) is 70.5 Å². The molecule has 0 aromatic carbocycles. The van der Waals surface area contributed by atoms with E-state index in [9.17, 15) is 5.11 Å². The van der Waals surface area contributed by atoms with E-state index in [1.807, 2.05) is 12.4 Å². The first-order valence-corrected chi connectivity index (χ1v) is 6.71. The summed E-state index contributed by atoms with van der Waals surface area (Å²) in [6.45, 7) is 5.10. The van der Waals surface area contributed by atoms with Gasteiger partial charge in [-0.3, -0.25) is 4.90 Å². The molecule has 0 amide bonds. The van der Waals surface area contributed by atoms with E-state index in [4.69, 9.17) is 4.74 Å². The van der Waals surface area contributed by atoms with Crippen LogP contribution in [0.3, 0.4) is 0 Å². The molecule has 0 saturated carbocycles. The van der Waals surface area contributed by atoms with E-state index >= 15 is 0 Å². The molecule has 2 heterocycles. The van der Waals surface area contributed by atoms with E-state index in [0.717, 1.165) is 31.6 Å². The standard InChI is InChI=1S/C13H22N4O2/c1-3-4-14-13-15-5-10(6-16-13)7-17-8-11(18)12(9-17)19-2/h5-6,11-12,18H,3-4,7-9H2,1-2H3,(H,14,15,16)/t11-,12-/m0/s1. The Balaban J connectivity index is 1.86. The van der Waals surface area contributed by atoms with Crippen molar-refractivity contribution in [3.05, 3.63) is 18.0 Å². The molecule has 106 valence electrons. The third-order valence-electron chi connectivity index (χ3n) is 3.26. The average Bonchev–Trinajstić information content (AvgIpc) is 2.78. The Morgan fingerprint density at radius 1 is 1.42 bits per heavy atom. The van der Waals surface area contributed by atoms with Crippen LogP contribution < -0.4 is 5.32 Å². The largest absolute Gasteiger partial charge is 0.389 e. The van der Waals surface area contributed by atoms with Crippen molar-refractivity contribution in [1.29, 1.82) is 0 Å². The molecule has 0 spiro atoms. The molecule has 2 rings (SSSR count). The molecule has 1 aliphatic rings. The smallest absolute Gasteiger partial charge is 0.222 e. The van der Waals surface area contributed by atoms with Gasteiger partial charge in [0.25, 0.3) is 0 Å². The lowest BCUT2D eigenvalue weighted by Gasteiger charge is -2.14. The minimum absolute atomic E-state index is 0.0913. The van der Waals surface area contributed by atoms with Crippen molar-refractivity contribution in [1.82, 2.24) is 14.9 Å². The van der Waals surface area contributed by atoms with E-state index in [1.54, 1.807) is 7.11 Å². The van der Waals surface area contributed by atoms with Gasteiger partial charge in [0, 0.05) is 51.2 Å². The zero-order valence-corrected chi connectivity index (χ0v) is 11.5. The summed E-state index contributed by atoms with van der Waals surface area (Å²) < 4.78 is 5.22. The minimum atomic E-state index is -0.406. The van der Waals surface area contributed by atoms with Crippen LogP contribution in [0.25, 0.3) is 0 Å². The number of nitrogens with zero attached hydrogens (tertiary/aromatic N) is 3. The van der Waals surface area contributed by atoms with Gasteiger partial charge in [0.2, 0.25) is 5.95 Å². The highest BCUT2D eigenvalue weighted by atomic mass is 16.5. The van der Waals surface area contributed by atoms with Crippen LogP contribution in [0, 0.1) is 0 Å². The number of likely N-dealkylation sites (tertiary alicyclic amines) is 1. The molecule has 1 aliphatic heterocycles. The lowest BCUT2D eigenvalue weighted by Crippen LogP contribution is -2.25. The van der Waals surface area contributed by atoms with Crippen LogP contribution in [-0.4, -0.2) is 58.9 Å². The summed E-state index contributed by atoms with van der Waals surface area (Å²) in [7, 11) is 1.63. The van der Waals surface area contributed by atoms with Gasteiger partial charge in [0.1, 0.15) is 0 Å². The van der Waals surface area contributed by atoms with E-state index in [-0.39, 0.29) is 6.10 Å². The number of ether oxygens (including phenoxy) is 1. The number of hydrogen-bond acceptors (Lipinski definition) is 6. The Morgan fingerprint density at radius 2 is 2.16 bits per heavy atom. The second kappa shape index (κ2) is 6.79. The Kier molecular flexibility index (Phi) is 5.07. The summed E-state index contributed by atoms with van der Waals surface area (Å²) in [5.74, 6) is 0.668. The SMILES string of the molecule is CCCNc1ncc(CN2C[C@H](OC)[C@@H](O)C2)cn1. The van der Waals surface area contributed by atoms with E-state index in [1.165, 1.54) is 0 Å². The molecule has 1 fully saturated rings. The number of β-amino-alcohol motifs (C(OH)–C–C–N with tert-alkyl or cyclic N) is 1. The quantitative estimate of drug-likeness (QED) is 0.781. The summed E-state index contributed by atoms with van der Waals surface area (Å²) in [4.78, 5) is 10.7. The van der Waals surface area contributed by atoms with Gasteiger partial charge in [0.05, 0.1) is 12.2 Å². The first kappa shape index (κ1) is 14.2. The zero-order chi connectivity index (χ0) is 13.7. The van der Waals surface area contributed by atoms with Gasteiger partial charge in [-0.15, -0.1) is 0 Å². The minimum Gasteiger partial charge on any atom is -0.389 e. The van der Waals surface area contributed by atoms with Gasteiger partial charge in [-0.05, 0) is 6.42 Å². The molecule has 19 heavy (non-hydrogen) atoms.